The first-order valence-electron chi connectivity index (χ1n) is 8.26. The molecule has 2 unspecified atom stereocenters. The molecule has 1 aliphatic heterocycles. The summed E-state index contributed by atoms with van der Waals surface area (Å²) in [5, 5.41) is 12.2. The maximum Gasteiger partial charge on any atom is 0.253 e. The van der Waals surface area contributed by atoms with Crippen LogP contribution in [0.25, 0.3) is 0 Å². The molecule has 1 saturated heterocycles. The van der Waals surface area contributed by atoms with Crippen LogP contribution in [0.5, 0.6) is 0 Å². The molecular weight excluding hydrogens is 292 g/mol. The summed E-state index contributed by atoms with van der Waals surface area (Å²) in [5.41, 5.74) is 0.0459. The minimum atomic E-state index is -0.606. The number of aliphatic hydroxyl groups excluding tert-OH is 1. The second-order valence-electron chi connectivity index (χ2n) is 6.52. The number of rotatable bonds is 5. The van der Waals surface area contributed by atoms with Gasteiger partial charge in [-0.3, -0.25) is 9.59 Å². The predicted octanol–water partition coefficient (Wildman–Crippen LogP) is 1.82. The van der Waals surface area contributed by atoms with Gasteiger partial charge in [-0.2, -0.15) is 0 Å². The van der Waals surface area contributed by atoms with Crippen molar-refractivity contribution >= 4 is 11.8 Å². The van der Waals surface area contributed by atoms with Crippen LogP contribution < -0.4 is 5.32 Å². The molecule has 0 bridgehead atoms. The molecule has 0 aliphatic carbocycles. The number of likely N-dealkylation sites (tertiary alicyclic amines) is 1. The quantitative estimate of drug-likeness (QED) is 0.870. The van der Waals surface area contributed by atoms with Gasteiger partial charge in [-0.15, -0.1) is 0 Å². The largest absolute Gasteiger partial charge is 0.394 e. The Morgan fingerprint density at radius 2 is 2.04 bits per heavy atom. The van der Waals surface area contributed by atoms with E-state index in [0.717, 1.165) is 12.8 Å². The summed E-state index contributed by atoms with van der Waals surface area (Å²) in [4.78, 5) is 27.0. The summed E-state index contributed by atoms with van der Waals surface area (Å²) in [6.45, 7) is 4.85. The summed E-state index contributed by atoms with van der Waals surface area (Å²) in [6, 6.07) is 8.94. The van der Waals surface area contributed by atoms with E-state index in [2.05, 4.69) is 5.32 Å². The molecule has 0 radical (unpaired) electrons. The Bertz CT molecular complexity index is 542. The molecule has 23 heavy (non-hydrogen) atoms. The minimum absolute atomic E-state index is 0.0291. The van der Waals surface area contributed by atoms with E-state index < -0.39 is 5.41 Å². The van der Waals surface area contributed by atoms with Crippen molar-refractivity contribution in [3.63, 3.8) is 0 Å². The van der Waals surface area contributed by atoms with Crippen molar-refractivity contribution in [1.29, 1.82) is 0 Å². The van der Waals surface area contributed by atoms with E-state index in [1.165, 1.54) is 0 Å². The normalized spacial score (nSPS) is 22.5. The minimum Gasteiger partial charge on any atom is -0.394 e. The van der Waals surface area contributed by atoms with Crippen LogP contribution in [-0.2, 0) is 4.79 Å². The van der Waals surface area contributed by atoms with Crippen molar-refractivity contribution in [1.82, 2.24) is 10.2 Å². The molecule has 5 heteroatoms. The number of nitrogens with zero attached hydrogens (tertiary/aromatic N) is 1. The Balaban J connectivity index is 2.07. The second kappa shape index (κ2) is 7.59. The first-order chi connectivity index (χ1) is 11.0. The van der Waals surface area contributed by atoms with Gasteiger partial charge in [-0.1, -0.05) is 25.1 Å². The van der Waals surface area contributed by atoms with Gasteiger partial charge in [0.25, 0.3) is 5.91 Å². The number of nitrogens with one attached hydrogen (secondary N) is 1. The van der Waals surface area contributed by atoms with Crippen LogP contribution in [0.4, 0.5) is 0 Å². The number of benzene rings is 1. The van der Waals surface area contributed by atoms with Crippen LogP contribution in [-0.4, -0.2) is 47.6 Å². The maximum atomic E-state index is 12.6. The topological polar surface area (TPSA) is 69.6 Å². The smallest absolute Gasteiger partial charge is 0.253 e. The Morgan fingerprint density at radius 3 is 2.65 bits per heavy atom. The fourth-order valence-corrected chi connectivity index (χ4v) is 3.00. The first-order valence-corrected chi connectivity index (χ1v) is 8.26. The molecule has 1 aromatic rings. The van der Waals surface area contributed by atoms with Gasteiger partial charge in [0.15, 0.2) is 0 Å². The zero-order valence-corrected chi connectivity index (χ0v) is 13.9. The first kappa shape index (κ1) is 17.5. The van der Waals surface area contributed by atoms with Crippen molar-refractivity contribution in [2.45, 2.75) is 39.2 Å². The van der Waals surface area contributed by atoms with Crippen molar-refractivity contribution in [2.24, 2.45) is 5.41 Å². The fourth-order valence-electron chi connectivity index (χ4n) is 3.00. The lowest BCUT2D eigenvalue weighted by Crippen LogP contribution is -2.54. The summed E-state index contributed by atoms with van der Waals surface area (Å²) in [5.74, 6) is -0.109. The van der Waals surface area contributed by atoms with E-state index >= 15 is 0 Å². The van der Waals surface area contributed by atoms with Gasteiger partial charge in [0.2, 0.25) is 5.91 Å². The molecule has 126 valence electrons. The van der Waals surface area contributed by atoms with Gasteiger partial charge in [-0.25, -0.2) is 0 Å². The molecule has 2 rings (SSSR count). The molecule has 1 heterocycles. The highest BCUT2D eigenvalue weighted by Crippen LogP contribution is 2.30. The molecule has 0 aromatic heterocycles. The van der Waals surface area contributed by atoms with E-state index in [0.29, 0.717) is 25.1 Å². The van der Waals surface area contributed by atoms with E-state index in [1.807, 2.05) is 32.0 Å². The zero-order valence-electron chi connectivity index (χ0n) is 13.9. The number of amides is 2. The van der Waals surface area contributed by atoms with E-state index in [4.69, 9.17) is 0 Å². The van der Waals surface area contributed by atoms with Crippen molar-refractivity contribution < 1.29 is 14.7 Å². The molecule has 1 aromatic carbocycles. The number of hydrogen-bond acceptors (Lipinski definition) is 3. The van der Waals surface area contributed by atoms with Crippen LogP contribution in [0.2, 0.25) is 0 Å². The van der Waals surface area contributed by atoms with Gasteiger partial charge >= 0.3 is 0 Å². The van der Waals surface area contributed by atoms with E-state index in [-0.39, 0.29) is 24.5 Å². The SMILES string of the molecule is CCC(CO)NC(=O)C1(C)CCCN(C(=O)c2ccccc2)C1. The highest BCUT2D eigenvalue weighted by Gasteiger charge is 2.39. The Morgan fingerprint density at radius 1 is 1.35 bits per heavy atom. The zero-order chi connectivity index (χ0) is 16.9. The van der Waals surface area contributed by atoms with E-state index in [1.54, 1.807) is 17.0 Å². The van der Waals surface area contributed by atoms with Crippen molar-refractivity contribution in [2.75, 3.05) is 19.7 Å². The Labute approximate surface area is 137 Å². The van der Waals surface area contributed by atoms with Crippen LogP contribution >= 0.6 is 0 Å². The monoisotopic (exact) mass is 318 g/mol. The number of carbonyl (C=O) groups is 2. The van der Waals surface area contributed by atoms with Crippen LogP contribution in [0, 0.1) is 5.41 Å². The Kier molecular flexibility index (Phi) is 5.77. The third kappa shape index (κ3) is 4.10. The predicted molar refractivity (Wildman–Crippen MR) is 89.0 cm³/mol. The van der Waals surface area contributed by atoms with Crippen LogP contribution in [0.15, 0.2) is 30.3 Å². The fraction of sp³-hybridized carbons (Fsp3) is 0.556. The number of piperidine rings is 1. The number of carbonyl (C=O) groups excluding carboxylic acids is 2. The summed E-state index contributed by atoms with van der Waals surface area (Å²) < 4.78 is 0. The molecule has 1 aliphatic rings. The molecular formula is C18H26N2O3. The maximum absolute atomic E-state index is 12.6. The van der Waals surface area contributed by atoms with Crippen molar-refractivity contribution in [3.8, 4) is 0 Å². The highest BCUT2D eigenvalue weighted by molar-refractivity contribution is 5.95. The highest BCUT2D eigenvalue weighted by atomic mass is 16.3. The molecule has 2 atom stereocenters. The second-order valence-corrected chi connectivity index (χ2v) is 6.52. The number of aliphatic hydroxyl groups is 1. The third-order valence-corrected chi connectivity index (χ3v) is 4.60. The molecule has 1 fully saturated rings. The average Bonchev–Trinajstić information content (AvgIpc) is 2.59. The van der Waals surface area contributed by atoms with Gasteiger partial charge in [0, 0.05) is 18.7 Å². The Hall–Kier alpha value is -1.88. The van der Waals surface area contributed by atoms with Gasteiger partial charge in [0.05, 0.1) is 18.1 Å². The van der Waals surface area contributed by atoms with Gasteiger partial charge < -0.3 is 15.3 Å². The average molecular weight is 318 g/mol. The number of hydrogen-bond donors (Lipinski definition) is 2. The molecule has 2 amide bonds. The van der Waals surface area contributed by atoms with Crippen molar-refractivity contribution in [3.05, 3.63) is 35.9 Å². The lowest BCUT2D eigenvalue weighted by Gasteiger charge is -2.40. The molecule has 0 spiro atoms. The van der Waals surface area contributed by atoms with Crippen LogP contribution in [0.3, 0.4) is 0 Å². The van der Waals surface area contributed by atoms with Gasteiger partial charge in [-0.05, 0) is 38.3 Å². The lowest BCUT2D eigenvalue weighted by atomic mass is 9.80. The van der Waals surface area contributed by atoms with Gasteiger partial charge in [0.1, 0.15) is 0 Å². The molecule has 5 nitrogen and oxygen atoms in total. The van der Waals surface area contributed by atoms with E-state index in [9.17, 15) is 14.7 Å². The summed E-state index contributed by atoms with van der Waals surface area (Å²) in [7, 11) is 0. The lowest BCUT2D eigenvalue weighted by molar-refractivity contribution is -0.133. The van der Waals surface area contributed by atoms with Crippen LogP contribution in [0.1, 0.15) is 43.5 Å². The third-order valence-electron chi connectivity index (χ3n) is 4.60. The summed E-state index contributed by atoms with van der Waals surface area (Å²) in [6.07, 6.45) is 2.24. The summed E-state index contributed by atoms with van der Waals surface area (Å²) >= 11 is 0. The molecule has 2 N–H and O–H groups in total. The molecule has 0 saturated carbocycles. The standard InChI is InChI=1S/C18H26N2O3/c1-3-15(12-21)19-17(23)18(2)10-7-11-20(13-18)16(22)14-8-5-4-6-9-14/h4-6,8-9,15,21H,3,7,10-13H2,1-2H3,(H,19,23).